The van der Waals surface area contributed by atoms with Gasteiger partial charge in [0.2, 0.25) is 20.0 Å². The maximum absolute atomic E-state index is 12.0. The number of nitrogens with zero attached hydrogens (tertiary/aromatic N) is 2. The summed E-state index contributed by atoms with van der Waals surface area (Å²) in [6.45, 7) is 11.3. The number of methoxy groups -OCH3 is 2. The zero-order chi connectivity index (χ0) is 62.8. The van der Waals surface area contributed by atoms with Gasteiger partial charge in [-0.05, 0) is 232 Å². The van der Waals surface area contributed by atoms with Crippen LogP contribution in [-0.2, 0) is 53.2 Å². The predicted octanol–water partition coefficient (Wildman–Crippen LogP) is 11.6. The summed E-state index contributed by atoms with van der Waals surface area (Å²) in [5, 5.41) is 30.8. The second-order valence-corrected chi connectivity index (χ2v) is 31.7. The molecule has 0 saturated heterocycles. The first-order chi connectivity index (χ1) is 41.8. The quantitative estimate of drug-likeness (QED) is 0.0678. The number of anilines is 2. The number of carboxylic acid groups (broad SMARTS) is 2. The van der Waals surface area contributed by atoms with Crippen LogP contribution >= 0.6 is 23.2 Å². The molecule has 0 bridgehead atoms. The van der Waals surface area contributed by atoms with Crippen LogP contribution in [0.5, 0.6) is 11.5 Å². The molecule has 16 nitrogen and oxygen atoms in total. The topological polar surface area (TPSA) is 238 Å². The zero-order valence-corrected chi connectivity index (χ0v) is 54.5. The molecule has 476 valence electrons. The van der Waals surface area contributed by atoms with Gasteiger partial charge in [-0.1, -0.05) is 61.3 Å². The first-order valence-corrected chi connectivity index (χ1v) is 35.4. The van der Waals surface area contributed by atoms with Crippen molar-refractivity contribution < 1.29 is 55.6 Å². The lowest BCUT2D eigenvalue weighted by Crippen LogP contribution is -2.50. The number of carboxylic acids is 2. The number of sulfonamides is 2. The molecular formula is C68H86Cl2N4O12S2. The standard InChI is InChI=1S/2C34H43ClN2O6S/c2*1-20(21(2)44(36,40)41)25-13-26(14-25)32(42-3)28-9-6-24(28)17-37-18-34(12-4-5-22-15-27(35)8-10-29(22)34)19-43-31-11-7-23(33(38)39)16-30(31)37/h2*7-8,10-11,13,15-16,20-21,24-25,28,32H,4-6,9,12,14,17-19H2,1-3H3,(H,38,39)(H2,36,40,41)/t20-,21-,24+,25+,28-,32+,34+;20-,21-,24+,25-,28-,32+,34+/m11/s1. The Hall–Kier alpha value is -5.18. The highest BCUT2D eigenvalue weighted by molar-refractivity contribution is 7.90. The van der Waals surface area contributed by atoms with Crippen molar-refractivity contribution in [2.45, 2.75) is 138 Å². The number of allylic oxidation sites excluding steroid dienone is 2. The Labute approximate surface area is 529 Å². The lowest BCUT2D eigenvalue weighted by molar-refractivity contribution is -0.000528. The van der Waals surface area contributed by atoms with Crippen molar-refractivity contribution in [3.63, 3.8) is 0 Å². The third-order valence-corrected chi connectivity index (χ3v) is 25.5. The number of aryl methyl sites for hydroxylation is 2. The second-order valence-electron chi connectivity index (χ2n) is 27.0. The molecule has 2 aliphatic heterocycles. The molecule has 4 aromatic rings. The summed E-state index contributed by atoms with van der Waals surface area (Å²) in [6.07, 6.45) is 16.2. The number of ether oxygens (including phenoxy) is 4. The van der Waals surface area contributed by atoms with Gasteiger partial charge in [-0.15, -0.1) is 0 Å². The van der Waals surface area contributed by atoms with Gasteiger partial charge in [0.05, 0.1) is 58.4 Å². The van der Waals surface area contributed by atoms with E-state index in [0.717, 1.165) is 136 Å². The van der Waals surface area contributed by atoms with Gasteiger partial charge in [-0.3, -0.25) is 0 Å². The molecule has 2 saturated carbocycles. The number of halogens is 2. The molecule has 8 aliphatic rings. The van der Waals surface area contributed by atoms with Gasteiger partial charge < -0.3 is 39.0 Å². The maximum atomic E-state index is 12.0. The average Bonchev–Trinajstić information content (AvgIpc) is 1.51. The predicted molar refractivity (Wildman–Crippen MR) is 344 cm³/mol. The summed E-state index contributed by atoms with van der Waals surface area (Å²) < 4.78 is 72.9. The smallest absolute Gasteiger partial charge is 0.335 e. The molecule has 12 rings (SSSR count). The molecule has 2 heterocycles. The zero-order valence-electron chi connectivity index (χ0n) is 51.3. The lowest BCUT2D eigenvalue weighted by atomic mass is 9.64. The van der Waals surface area contributed by atoms with E-state index in [1.807, 2.05) is 26.0 Å². The van der Waals surface area contributed by atoms with Crippen molar-refractivity contribution >= 4 is 66.6 Å². The van der Waals surface area contributed by atoms with Gasteiger partial charge in [0.15, 0.2) is 0 Å². The van der Waals surface area contributed by atoms with E-state index in [1.54, 1.807) is 64.5 Å². The molecule has 88 heavy (non-hydrogen) atoms. The molecule has 2 fully saturated rings. The number of rotatable bonds is 18. The number of carbonyl (C=O) groups is 2. The molecule has 0 unspecified atom stereocenters. The Morgan fingerprint density at radius 2 is 1.00 bits per heavy atom. The van der Waals surface area contributed by atoms with E-state index >= 15 is 0 Å². The van der Waals surface area contributed by atoms with Crippen LogP contribution in [0.1, 0.15) is 135 Å². The van der Waals surface area contributed by atoms with Crippen molar-refractivity contribution in [3.05, 3.63) is 140 Å². The first-order valence-electron chi connectivity index (χ1n) is 31.4. The largest absolute Gasteiger partial charge is 0.490 e. The molecular weight excluding hydrogens is 1200 g/mol. The van der Waals surface area contributed by atoms with Crippen LogP contribution in [0.2, 0.25) is 10.0 Å². The summed E-state index contributed by atoms with van der Waals surface area (Å²) in [6, 6.07) is 22.8. The van der Waals surface area contributed by atoms with Crippen LogP contribution < -0.4 is 29.6 Å². The Balaban J connectivity index is 0.000000182. The van der Waals surface area contributed by atoms with Crippen molar-refractivity contribution in [3.8, 4) is 11.5 Å². The molecule has 20 heteroatoms. The second kappa shape index (κ2) is 25.5. The van der Waals surface area contributed by atoms with Gasteiger partial charge in [-0.25, -0.2) is 36.7 Å². The van der Waals surface area contributed by atoms with Gasteiger partial charge >= 0.3 is 11.9 Å². The summed E-state index contributed by atoms with van der Waals surface area (Å²) in [5.74, 6) is 1.07. The van der Waals surface area contributed by atoms with E-state index in [1.165, 1.54) is 33.4 Å². The van der Waals surface area contributed by atoms with Crippen LogP contribution in [-0.4, -0.2) is 115 Å². The van der Waals surface area contributed by atoms with Crippen molar-refractivity contribution in [2.75, 3.05) is 63.4 Å². The van der Waals surface area contributed by atoms with Crippen LogP contribution in [0.15, 0.2) is 96.1 Å². The number of hydrogen-bond donors (Lipinski definition) is 4. The van der Waals surface area contributed by atoms with Crippen molar-refractivity contribution in [2.24, 2.45) is 57.6 Å². The minimum Gasteiger partial charge on any atom is -0.490 e. The van der Waals surface area contributed by atoms with E-state index < -0.39 is 42.5 Å². The molecule has 4 aromatic carbocycles. The number of primary sulfonamides is 2. The van der Waals surface area contributed by atoms with Gasteiger partial charge in [0.25, 0.3) is 0 Å². The molecule has 0 aromatic heterocycles. The first kappa shape index (κ1) is 64.4. The van der Waals surface area contributed by atoms with Crippen LogP contribution in [0.25, 0.3) is 0 Å². The SMILES string of the molecule is CO[C@@H](C1=C[C@@H]([C@H](C)[C@@H](C)S(N)(=O)=O)C1)[C@@H]1CC[C@H]1CN1C[C@@]2(CCCc3cc(Cl)ccc32)COc2ccc(C(=O)O)cc21.CO[C@@H](C1=C[C@H]([C@H](C)[C@@H](C)S(N)(=O)=O)C1)[C@@H]1CC[C@H]1CN1C[C@@]2(CCCc3cc(Cl)ccc32)COc2ccc(C(=O)O)cc21. The number of aromatic carboxylic acids is 2. The fourth-order valence-electron chi connectivity index (χ4n) is 16.1. The van der Waals surface area contributed by atoms with Crippen molar-refractivity contribution in [1.29, 1.82) is 0 Å². The Kier molecular flexibility index (Phi) is 18.6. The Bertz CT molecular complexity index is 3390. The fourth-order valence-corrected chi connectivity index (χ4v) is 18.1. The van der Waals surface area contributed by atoms with Crippen LogP contribution in [0, 0.1) is 47.3 Å². The highest BCUT2D eigenvalue weighted by Gasteiger charge is 2.49. The third kappa shape index (κ3) is 12.8. The maximum Gasteiger partial charge on any atom is 0.335 e. The molecule has 14 atom stereocenters. The minimum absolute atomic E-state index is 0.0263. The van der Waals surface area contributed by atoms with E-state index in [0.29, 0.717) is 36.9 Å². The summed E-state index contributed by atoms with van der Waals surface area (Å²) in [7, 11) is -3.66. The monoisotopic (exact) mass is 1280 g/mol. The number of nitrogens with two attached hydrogens (primary N) is 2. The lowest BCUT2D eigenvalue weighted by Gasteiger charge is -2.48. The summed E-state index contributed by atoms with van der Waals surface area (Å²) in [4.78, 5) is 28.7. The summed E-state index contributed by atoms with van der Waals surface area (Å²) in [5.41, 5.74) is 9.25. The van der Waals surface area contributed by atoms with E-state index in [2.05, 4.69) is 46.2 Å². The number of hydrogen-bond acceptors (Lipinski definition) is 12. The van der Waals surface area contributed by atoms with E-state index in [-0.39, 0.29) is 57.8 Å². The average molecular weight is 1290 g/mol. The van der Waals surface area contributed by atoms with Gasteiger partial charge in [0, 0.05) is 61.3 Å². The summed E-state index contributed by atoms with van der Waals surface area (Å²) >= 11 is 12.8. The highest BCUT2D eigenvalue weighted by atomic mass is 35.5. The Morgan fingerprint density at radius 1 is 0.614 bits per heavy atom. The van der Waals surface area contributed by atoms with Gasteiger partial charge in [0.1, 0.15) is 11.5 Å². The Morgan fingerprint density at radius 3 is 1.33 bits per heavy atom. The van der Waals surface area contributed by atoms with E-state index in [4.69, 9.17) is 52.4 Å². The van der Waals surface area contributed by atoms with Crippen LogP contribution in [0.3, 0.4) is 0 Å². The van der Waals surface area contributed by atoms with E-state index in [9.17, 15) is 36.6 Å². The molecule has 0 amide bonds. The van der Waals surface area contributed by atoms with Crippen molar-refractivity contribution in [1.82, 2.24) is 0 Å². The minimum atomic E-state index is -3.59. The number of fused-ring (bicyclic) bond motifs is 6. The third-order valence-electron chi connectivity index (χ3n) is 22.1. The fraction of sp³-hybridized carbons (Fsp3) is 0.559. The normalized spacial score (nSPS) is 28.2. The molecule has 0 radical (unpaired) electrons. The highest BCUT2D eigenvalue weighted by Crippen LogP contribution is 2.52. The molecule has 2 spiro atoms. The van der Waals surface area contributed by atoms with Crippen LogP contribution in [0.4, 0.5) is 11.4 Å². The molecule has 6 aliphatic carbocycles. The number of benzene rings is 4. The van der Waals surface area contributed by atoms with Gasteiger partial charge in [-0.2, -0.15) is 0 Å². The molecule has 6 N–H and O–H groups in total.